The molecule has 0 fully saturated rings. The van der Waals surface area contributed by atoms with Gasteiger partial charge in [-0.2, -0.15) is 0 Å². The lowest BCUT2D eigenvalue weighted by molar-refractivity contribution is 0.0523. The maximum atomic E-state index is 6.76. The van der Waals surface area contributed by atoms with Crippen LogP contribution in [0.1, 0.15) is 146 Å². The molecule has 184 valence electrons. The minimum Gasteiger partial charge on any atom is -0.487 e. The first kappa shape index (κ1) is 27.3. The zero-order valence-corrected chi connectivity index (χ0v) is 23.1. The number of rotatable bonds is 13. The summed E-state index contributed by atoms with van der Waals surface area (Å²) in [6.07, 6.45) is 16.1. The highest BCUT2D eigenvalue weighted by Crippen LogP contribution is 2.44. The first-order valence-corrected chi connectivity index (χ1v) is 13.9. The van der Waals surface area contributed by atoms with Crippen LogP contribution in [0, 0.1) is 32.6 Å². The highest BCUT2D eigenvalue weighted by Gasteiger charge is 2.34. The van der Waals surface area contributed by atoms with Crippen LogP contribution in [0.3, 0.4) is 0 Å². The Labute approximate surface area is 201 Å². The zero-order valence-electron chi connectivity index (χ0n) is 23.1. The van der Waals surface area contributed by atoms with E-state index in [0.717, 1.165) is 18.3 Å². The molecule has 1 heterocycles. The average molecular weight is 443 g/mol. The van der Waals surface area contributed by atoms with Gasteiger partial charge in [0.15, 0.2) is 0 Å². The van der Waals surface area contributed by atoms with E-state index in [2.05, 4.69) is 62.3 Å². The Morgan fingerprint density at radius 2 is 1.38 bits per heavy atom. The van der Waals surface area contributed by atoms with Crippen molar-refractivity contribution in [1.29, 1.82) is 0 Å². The average Bonchev–Trinajstić information content (AvgIpc) is 2.71. The molecule has 1 heteroatoms. The normalized spacial score (nSPS) is 19.3. The Morgan fingerprint density at radius 1 is 0.750 bits per heavy atom. The van der Waals surface area contributed by atoms with E-state index >= 15 is 0 Å². The van der Waals surface area contributed by atoms with E-state index in [0.29, 0.717) is 5.92 Å². The van der Waals surface area contributed by atoms with Gasteiger partial charge in [-0.05, 0) is 98.9 Å². The number of hydrogen-bond acceptors (Lipinski definition) is 1. The van der Waals surface area contributed by atoms with Gasteiger partial charge in [-0.1, -0.05) is 86.0 Å². The maximum absolute atomic E-state index is 6.76. The molecule has 1 nitrogen and oxygen atoms in total. The second-order valence-electron chi connectivity index (χ2n) is 12.0. The summed E-state index contributed by atoms with van der Waals surface area (Å²) in [7, 11) is 0. The van der Waals surface area contributed by atoms with Crippen molar-refractivity contribution < 1.29 is 4.74 Å². The standard InChI is InChI=1S/C31H54O/c1-22(2)16-15-18-24(5)17-13-11-10-12-14-20-31(9)21-19-28-27(8)29(23(3)4)25(6)26(7)30(28)32-31/h22-24H,10-21H2,1-9H3/t24-,31+/m0/s1. The monoisotopic (exact) mass is 442 g/mol. The Balaban J connectivity index is 1.75. The lowest BCUT2D eigenvalue weighted by Crippen LogP contribution is -2.37. The van der Waals surface area contributed by atoms with Gasteiger partial charge in [0.2, 0.25) is 0 Å². The van der Waals surface area contributed by atoms with Crippen molar-refractivity contribution in [3.8, 4) is 5.75 Å². The molecule has 1 aliphatic rings. The predicted molar refractivity (Wildman–Crippen MR) is 142 cm³/mol. The molecule has 0 radical (unpaired) electrons. The molecular formula is C31H54O. The highest BCUT2D eigenvalue weighted by molar-refractivity contribution is 5.56. The van der Waals surface area contributed by atoms with Crippen molar-refractivity contribution in [2.45, 2.75) is 151 Å². The zero-order chi connectivity index (χ0) is 23.9. The number of ether oxygens (including phenoxy) is 1. The summed E-state index contributed by atoms with van der Waals surface area (Å²) in [5.74, 6) is 3.56. The quantitative estimate of drug-likeness (QED) is 0.276. The second kappa shape index (κ2) is 12.5. The summed E-state index contributed by atoms with van der Waals surface area (Å²) in [6, 6.07) is 0. The van der Waals surface area contributed by atoms with Crippen LogP contribution in [-0.2, 0) is 6.42 Å². The van der Waals surface area contributed by atoms with Crippen molar-refractivity contribution in [3.05, 3.63) is 27.8 Å². The first-order valence-electron chi connectivity index (χ1n) is 13.9. The van der Waals surface area contributed by atoms with Crippen LogP contribution in [0.2, 0.25) is 0 Å². The van der Waals surface area contributed by atoms with Gasteiger partial charge in [0.1, 0.15) is 11.4 Å². The highest BCUT2D eigenvalue weighted by atomic mass is 16.5. The molecule has 1 aromatic carbocycles. The van der Waals surface area contributed by atoms with E-state index < -0.39 is 0 Å². The van der Waals surface area contributed by atoms with Crippen LogP contribution in [0.4, 0.5) is 0 Å². The van der Waals surface area contributed by atoms with Crippen LogP contribution in [0.15, 0.2) is 0 Å². The second-order valence-corrected chi connectivity index (χ2v) is 12.0. The van der Waals surface area contributed by atoms with Crippen LogP contribution < -0.4 is 4.74 Å². The molecule has 0 N–H and O–H groups in total. The topological polar surface area (TPSA) is 9.23 Å². The number of fused-ring (bicyclic) bond motifs is 1. The van der Waals surface area contributed by atoms with Crippen LogP contribution >= 0.6 is 0 Å². The molecule has 32 heavy (non-hydrogen) atoms. The maximum Gasteiger partial charge on any atom is 0.126 e. The van der Waals surface area contributed by atoms with E-state index in [-0.39, 0.29) is 5.60 Å². The van der Waals surface area contributed by atoms with Crippen LogP contribution in [-0.4, -0.2) is 5.60 Å². The van der Waals surface area contributed by atoms with Crippen molar-refractivity contribution in [1.82, 2.24) is 0 Å². The molecule has 0 unspecified atom stereocenters. The Kier molecular flexibility index (Phi) is 10.6. The summed E-state index contributed by atoms with van der Waals surface area (Å²) in [4.78, 5) is 0. The fourth-order valence-electron chi connectivity index (χ4n) is 5.92. The minimum atomic E-state index is 0.0148. The molecular weight excluding hydrogens is 388 g/mol. The van der Waals surface area contributed by atoms with E-state index in [1.165, 1.54) is 98.6 Å². The van der Waals surface area contributed by atoms with Crippen LogP contribution in [0.25, 0.3) is 0 Å². The molecule has 2 rings (SSSR count). The first-order chi connectivity index (χ1) is 15.1. The minimum absolute atomic E-state index is 0.0148. The summed E-state index contributed by atoms with van der Waals surface area (Å²) in [5, 5.41) is 0. The fraction of sp³-hybridized carbons (Fsp3) is 0.806. The Hall–Kier alpha value is -0.980. The molecule has 0 spiro atoms. The molecule has 1 aliphatic heterocycles. The Morgan fingerprint density at radius 3 is 2.03 bits per heavy atom. The SMILES string of the molecule is Cc1c(C)c(C(C)C)c(C)c2c1O[C@](C)(CCCCCCC[C@H](C)CCCC(C)C)CC2. The lowest BCUT2D eigenvalue weighted by Gasteiger charge is -2.39. The lowest BCUT2D eigenvalue weighted by atomic mass is 9.81. The number of benzene rings is 1. The third-order valence-electron chi connectivity index (χ3n) is 8.15. The van der Waals surface area contributed by atoms with Gasteiger partial charge in [-0.3, -0.25) is 0 Å². The van der Waals surface area contributed by atoms with Crippen molar-refractivity contribution in [2.24, 2.45) is 11.8 Å². The summed E-state index contributed by atoms with van der Waals surface area (Å²) < 4.78 is 6.76. The van der Waals surface area contributed by atoms with Gasteiger partial charge in [-0.15, -0.1) is 0 Å². The van der Waals surface area contributed by atoms with E-state index in [1.54, 1.807) is 5.56 Å². The van der Waals surface area contributed by atoms with E-state index in [4.69, 9.17) is 4.74 Å². The van der Waals surface area contributed by atoms with E-state index in [9.17, 15) is 0 Å². The summed E-state index contributed by atoms with van der Waals surface area (Å²) >= 11 is 0. The molecule has 0 aliphatic carbocycles. The summed E-state index contributed by atoms with van der Waals surface area (Å²) in [5.41, 5.74) is 7.35. The van der Waals surface area contributed by atoms with Gasteiger partial charge in [0.05, 0.1) is 0 Å². The van der Waals surface area contributed by atoms with Gasteiger partial charge in [0.25, 0.3) is 0 Å². The third-order valence-corrected chi connectivity index (χ3v) is 8.15. The smallest absolute Gasteiger partial charge is 0.126 e. The predicted octanol–water partition coefficient (Wildman–Crippen LogP) is 10.0. The van der Waals surface area contributed by atoms with Crippen molar-refractivity contribution in [3.63, 3.8) is 0 Å². The Bertz CT molecular complexity index is 714. The third kappa shape index (κ3) is 7.53. The van der Waals surface area contributed by atoms with Gasteiger partial charge in [-0.25, -0.2) is 0 Å². The molecule has 2 atom stereocenters. The largest absolute Gasteiger partial charge is 0.487 e. The van der Waals surface area contributed by atoms with Crippen molar-refractivity contribution >= 4 is 0 Å². The molecule has 0 aromatic heterocycles. The van der Waals surface area contributed by atoms with Crippen molar-refractivity contribution in [2.75, 3.05) is 0 Å². The molecule has 1 aromatic rings. The van der Waals surface area contributed by atoms with E-state index in [1.807, 2.05) is 0 Å². The van der Waals surface area contributed by atoms with Crippen LogP contribution in [0.5, 0.6) is 5.75 Å². The molecule has 0 bridgehead atoms. The van der Waals surface area contributed by atoms with Gasteiger partial charge < -0.3 is 4.74 Å². The molecule has 0 saturated carbocycles. The number of hydrogen-bond donors (Lipinski definition) is 0. The molecule has 0 saturated heterocycles. The fourth-order valence-corrected chi connectivity index (χ4v) is 5.92. The summed E-state index contributed by atoms with van der Waals surface area (Å²) in [6.45, 7) is 21.0. The van der Waals surface area contributed by atoms with Gasteiger partial charge in [0, 0.05) is 0 Å². The number of unbranched alkanes of at least 4 members (excludes halogenated alkanes) is 4. The molecule has 0 amide bonds. The van der Waals surface area contributed by atoms with Gasteiger partial charge >= 0.3 is 0 Å².